The molecular formula is C16H14N2O3. The zero-order valence-corrected chi connectivity index (χ0v) is 11.7. The molecule has 0 unspecified atom stereocenters. The van der Waals surface area contributed by atoms with Gasteiger partial charge in [-0.05, 0) is 43.7 Å². The number of hydrogen-bond donors (Lipinski definition) is 1. The number of aryl methyl sites for hydroxylation is 1. The first-order valence-corrected chi connectivity index (χ1v) is 6.55. The molecule has 106 valence electrons. The number of hydrogen-bond acceptors (Lipinski definition) is 3. The van der Waals surface area contributed by atoms with E-state index in [4.69, 9.17) is 4.74 Å². The van der Waals surface area contributed by atoms with Gasteiger partial charge in [-0.25, -0.2) is 4.79 Å². The summed E-state index contributed by atoms with van der Waals surface area (Å²) in [5, 5.41) is 2.08. The highest BCUT2D eigenvalue weighted by atomic mass is 16.6. The molecule has 2 heterocycles. The van der Waals surface area contributed by atoms with Crippen molar-refractivity contribution in [2.75, 3.05) is 0 Å². The Morgan fingerprint density at radius 2 is 1.86 bits per heavy atom. The maximum atomic E-state index is 11.5. The van der Waals surface area contributed by atoms with Crippen LogP contribution in [0.5, 0.6) is 0 Å². The van der Waals surface area contributed by atoms with Crippen molar-refractivity contribution >= 4 is 18.1 Å². The molecule has 0 spiro atoms. The monoisotopic (exact) mass is 282 g/mol. The highest BCUT2D eigenvalue weighted by Crippen LogP contribution is 2.23. The van der Waals surface area contributed by atoms with E-state index in [2.05, 4.69) is 9.88 Å². The van der Waals surface area contributed by atoms with Crippen molar-refractivity contribution in [2.45, 2.75) is 13.8 Å². The molecule has 5 heteroatoms. The predicted octanol–water partition coefficient (Wildman–Crippen LogP) is 2.70. The van der Waals surface area contributed by atoms with Gasteiger partial charge in [0, 0.05) is 17.1 Å². The SMILES string of the molecule is Cc1cc(/C=C2/OC(=O)NC2=O)c(C)n1-c1ccccc1. The number of para-hydroxylation sites is 1. The van der Waals surface area contributed by atoms with Crippen LogP contribution in [0.4, 0.5) is 4.79 Å². The number of imide groups is 1. The second kappa shape index (κ2) is 4.94. The minimum atomic E-state index is -0.733. The second-order valence-corrected chi connectivity index (χ2v) is 4.85. The Balaban J connectivity index is 2.05. The van der Waals surface area contributed by atoms with Gasteiger partial charge in [-0.15, -0.1) is 0 Å². The molecule has 2 amide bonds. The van der Waals surface area contributed by atoms with E-state index in [9.17, 15) is 9.59 Å². The number of amides is 2. The number of rotatable bonds is 2. The number of nitrogens with one attached hydrogen (secondary N) is 1. The third-order valence-electron chi connectivity index (χ3n) is 3.41. The first-order valence-electron chi connectivity index (χ1n) is 6.55. The molecule has 3 rings (SSSR count). The van der Waals surface area contributed by atoms with Crippen LogP contribution in [0.2, 0.25) is 0 Å². The smallest absolute Gasteiger partial charge is 0.404 e. The van der Waals surface area contributed by atoms with E-state index in [1.54, 1.807) is 6.08 Å². The minimum Gasteiger partial charge on any atom is -0.404 e. The summed E-state index contributed by atoms with van der Waals surface area (Å²) in [6.07, 6.45) is 0.852. The standard InChI is InChI=1S/C16H14N2O3/c1-10-8-12(9-14-15(19)17-16(20)21-14)11(2)18(10)13-6-4-3-5-7-13/h3-9H,1-2H3,(H,17,19,20)/b14-9+. The van der Waals surface area contributed by atoms with Crippen LogP contribution < -0.4 is 5.32 Å². The Morgan fingerprint density at radius 1 is 1.14 bits per heavy atom. The lowest BCUT2D eigenvalue weighted by atomic mass is 10.2. The largest absolute Gasteiger partial charge is 0.419 e. The van der Waals surface area contributed by atoms with E-state index in [1.165, 1.54) is 0 Å². The summed E-state index contributed by atoms with van der Waals surface area (Å²) in [7, 11) is 0. The molecule has 1 aliphatic rings. The molecule has 1 saturated heterocycles. The van der Waals surface area contributed by atoms with E-state index >= 15 is 0 Å². The molecule has 5 nitrogen and oxygen atoms in total. The first-order chi connectivity index (χ1) is 10.1. The summed E-state index contributed by atoms with van der Waals surface area (Å²) >= 11 is 0. The van der Waals surface area contributed by atoms with Crippen molar-refractivity contribution in [3.05, 3.63) is 59.1 Å². The van der Waals surface area contributed by atoms with E-state index in [-0.39, 0.29) is 5.76 Å². The number of nitrogens with zero attached hydrogens (tertiary/aromatic N) is 1. The van der Waals surface area contributed by atoms with Gasteiger partial charge in [0.1, 0.15) is 0 Å². The number of ether oxygens (including phenoxy) is 1. The van der Waals surface area contributed by atoms with Crippen LogP contribution in [-0.2, 0) is 9.53 Å². The zero-order chi connectivity index (χ0) is 15.0. The Bertz CT molecular complexity index is 757. The summed E-state index contributed by atoms with van der Waals surface area (Å²) in [4.78, 5) is 22.6. The van der Waals surface area contributed by atoms with Crippen LogP contribution in [0.25, 0.3) is 11.8 Å². The molecule has 1 fully saturated rings. The molecular weight excluding hydrogens is 268 g/mol. The van der Waals surface area contributed by atoms with Crippen LogP contribution in [0.3, 0.4) is 0 Å². The average molecular weight is 282 g/mol. The second-order valence-electron chi connectivity index (χ2n) is 4.85. The van der Waals surface area contributed by atoms with Gasteiger partial charge < -0.3 is 9.30 Å². The molecule has 21 heavy (non-hydrogen) atoms. The lowest BCUT2D eigenvalue weighted by Crippen LogP contribution is -2.18. The molecule has 1 aliphatic heterocycles. The van der Waals surface area contributed by atoms with Crippen molar-refractivity contribution in [3.8, 4) is 5.69 Å². The Labute approximate surface area is 121 Å². The number of aromatic nitrogens is 1. The Morgan fingerprint density at radius 3 is 2.48 bits per heavy atom. The van der Waals surface area contributed by atoms with Gasteiger partial charge in [-0.1, -0.05) is 18.2 Å². The van der Waals surface area contributed by atoms with E-state index < -0.39 is 12.0 Å². The predicted molar refractivity (Wildman–Crippen MR) is 77.8 cm³/mol. The maximum absolute atomic E-state index is 11.5. The molecule has 1 aromatic heterocycles. The number of cyclic esters (lactones) is 1. The lowest BCUT2D eigenvalue weighted by Gasteiger charge is -2.09. The molecule has 0 radical (unpaired) electrons. The Kier molecular flexibility index (Phi) is 3.10. The van der Waals surface area contributed by atoms with Gasteiger partial charge in [-0.2, -0.15) is 0 Å². The first kappa shape index (κ1) is 13.2. The van der Waals surface area contributed by atoms with Gasteiger partial charge in [0.15, 0.2) is 5.76 Å². The molecule has 0 saturated carbocycles. The summed E-state index contributed by atoms with van der Waals surface area (Å²) in [5.74, 6) is -0.488. The highest BCUT2D eigenvalue weighted by Gasteiger charge is 2.26. The fourth-order valence-corrected chi connectivity index (χ4v) is 2.47. The highest BCUT2D eigenvalue weighted by molar-refractivity contribution is 6.09. The fraction of sp³-hybridized carbons (Fsp3) is 0.125. The molecule has 1 aromatic carbocycles. The third kappa shape index (κ3) is 2.33. The zero-order valence-electron chi connectivity index (χ0n) is 11.7. The van der Waals surface area contributed by atoms with Crippen LogP contribution >= 0.6 is 0 Å². The summed E-state index contributed by atoms with van der Waals surface area (Å²) in [5.41, 5.74) is 3.90. The molecule has 0 aliphatic carbocycles. The van der Waals surface area contributed by atoms with Crippen LogP contribution in [0, 0.1) is 13.8 Å². The summed E-state index contributed by atoms with van der Waals surface area (Å²) < 4.78 is 6.92. The van der Waals surface area contributed by atoms with Crippen molar-refractivity contribution in [3.63, 3.8) is 0 Å². The number of alkyl carbamates (subject to hydrolysis) is 1. The topological polar surface area (TPSA) is 60.3 Å². The van der Waals surface area contributed by atoms with Gasteiger partial charge in [0.25, 0.3) is 5.91 Å². The minimum absolute atomic E-state index is 0.0216. The quantitative estimate of drug-likeness (QED) is 0.861. The summed E-state index contributed by atoms with van der Waals surface area (Å²) in [6, 6.07) is 11.9. The number of carbonyl (C=O) groups excluding carboxylic acids is 2. The molecule has 2 aromatic rings. The normalized spacial score (nSPS) is 16.2. The van der Waals surface area contributed by atoms with Gasteiger partial charge in [0.05, 0.1) is 0 Å². The van der Waals surface area contributed by atoms with Crippen molar-refractivity contribution < 1.29 is 14.3 Å². The molecule has 0 atom stereocenters. The lowest BCUT2D eigenvalue weighted by molar-refractivity contribution is -0.116. The van der Waals surface area contributed by atoms with Crippen LogP contribution in [-0.4, -0.2) is 16.6 Å². The maximum Gasteiger partial charge on any atom is 0.419 e. The van der Waals surface area contributed by atoms with Crippen LogP contribution in [0.15, 0.2) is 42.2 Å². The van der Waals surface area contributed by atoms with Gasteiger partial charge in [-0.3, -0.25) is 10.1 Å². The van der Waals surface area contributed by atoms with Gasteiger partial charge in [0.2, 0.25) is 0 Å². The van der Waals surface area contributed by atoms with Crippen molar-refractivity contribution in [2.24, 2.45) is 0 Å². The van der Waals surface area contributed by atoms with Gasteiger partial charge >= 0.3 is 6.09 Å². The van der Waals surface area contributed by atoms with Crippen molar-refractivity contribution in [1.82, 2.24) is 9.88 Å². The van der Waals surface area contributed by atoms with E-state index in [0.717, 1.165) is 22.6 Å². The van der Waals surface area contributed by atoms with Crippen molar-refractivity contribution in [1.29, 1.82) is 0 Å². The third-order valence-corrected chi connectivity index (χ3v) is 3.41. The number of benzene rings is 1. The fourth-order valence-electron chi connectivity index (χ4n) is 2.47. The number of carbonyl (C=O) groups is 2. The van der Waals surface area contributed by atoms with Crippen LogP contribution in [0.1, 0.15) is 17.0 Å². The van der Waals surface area contributed by atoms with E-state index in [0.29, 0.717) is 0 Å². The Hall–Kier alpha value is -2.82. The van der Waals surface area contributed by atoms with E-state index in [1.807, 2.05) is 50.2 Å². The molecule has 1 N–H and O–H groups in total. The molecule has 0 bridgehead atoms. The average Bonchev–Trinajstić information content (AvgIpc) is 2.91. The summed E-state index contributed by atoms with van der Waals surface area (Å²) in [6.45, 7) is 3.95.